The number of aromatic nitrogens is 2. The van der Waals surface area contributed by atoms with Gasteiger partial charge in [0, 0.05) is 44.5 Å². The lowest BCUT2D eigenvalue weighted by Crippen LogP contribution is -2.41. The summed E-state index contributed by atoms with van der Waals surface area (Å²) in [5, 5.41) is 2.65. The predicted molar refractivity (Wildman–Crippen MR) is 121 cm³/mol. The van der Waals surface area contributed by atoms with Gasteiger partial charge in [-0.3, -0.25) is 10.1 Å². The predicted octanol–water partition coefficient (Wildman–Crippen LogP) is 1.69. The van der Waals surface area contributed by atoms with Crippen LogP contribution in [0.25, 0.3) is 0 Å². The van der Waals surface area contributed by atoms with Crippen LogP contribution in [-0.2, 0) is 24.8 Å². The zero-order valence-corrected chi connectivity index (χ0v) is 19.8. The van der Waals surface area contributed by atoms with E-state index < -0.39 is 20.0 Å². The molecule has 178 valence electrons. The summed E-state index contributed by atoms with van der Waals surface area (Å²) in [5.74, 6) is -0.347. The Bertz CT molecular complexity index is 1170. The number of benzene rings is 1. The monoisotopic (exact) mass is 493 g/mol. The number of amides is 1. The summed E-state index contributed by atoms with van der Waals surface area (Å²) in [6.45, 7) is 1.37. The quantitative estimate of drug-likeness (QED) is 0.648. The van der Waals surface area contributed by atoms with Gasteiger partial charge in [-0.2, -0.15) is 8.61 Å². The van der Waals surface area contributed by atoms with Crippen molar-refractivity contribution in [2.24, 2.45) is 5.92 Å². The maximum absolute atomic E-state index is 13.1. The molecule has 33 heavy (non-hydrogen) atoms. The molecule has 3 heterocycles. The van der Waals surface area contributed by atoms with Crippen LogP contribution in [0.1, 0.15) is 32.1 Å². The van der Waals surface area contributed by atoms with Crippen molar-refractivity contribution >= 4 is 31.9 Å². The number of rotatable bonds is 6. The highest BCUT2D eigenvalue weighted by Gasteiger charge is 2.33. The van der Waals surface area contributed by atoms with Crippen LogP contribution in [0.5, 0.6) is 0 Å². The minimum absolute atomic E-state index is 0.0423. The highest BCUT2D eigenvalue weighted by atomic mass is 32.2. The second kappa shape index (κ2) is 9.84. The Morgan fingerprint density at radius 1 is 0.788 bits per heavy atom. The van der Waals surface area contributed by atoms with Crippen molar-refractivity contribution in [2.45, 2.75) is 41.9 Å². The molecule has 1 aromatic carbocycles. The van der Waals surface area contributed by atoms with Gasteiger partial charge in [-0.1, -0.05) is 6.42 Å². The smallest absolute Gasteiger partial charge is 0.243 e. The first-order chi connectivity index (χ1) is 15.8. The Morgan fingerprint density at radius 2 is 1.27 bits per heavy atom. The highest BCUT2D eigenvalue weighted by molar-refractivity contribution is 7.89. The minimum atomic E-state index is -3.79. The zero-order valence-electron chi connectivity index (χ0n) is 18.1. The molecule has 2 saturated heterocycles. The number of carbonyl (C=O) groups is 1. The van der Waals surface area contributed by atoms with Crippen LogP contribution in [0.2, 0.25) is 0 Å². The summed E-state index contributed by atoms with van der Waals surface area (Å²) >= 11 is 0. The molecule has 1 aromatic heterocycles. The third kappa shape index (κ3) is 5.24. The molecule has 10 nitrogen and oxygen atoms in total. The van der Waals surface area contributed by atoms with E-state index in [0.717, 1.165) is 19.3 Å². The Balaban J connectivity index is 1.39. The van der Waals surface area contributed by atoms with Gasteiger partial charge < -0.3 is 0 Å². The van der Waals surface area contributed by atoms with Crippen molar-refractivity contribution in [1.29, 1.82) is 0 Å². The van der Waals surface area contributed by atoms with Crippen LogP contribution in [0.3, 0.4) is 0 Å². The molecule has 0 aliphatic carbocycles. The fourth-order valence-corrected chi connectivity index (χ4v) is 7.11. The summed E-state index contributed by atoms with van der Waals surface area (Å²) in [6, 6.07) is 7.05. The topological polar surface area (TPSA) is 130 Å². The third-order valence-electron chi connectivity index (χ3n) is 6.04. The molecule has 0 unspecified atom stereocenters. The summed E-state index contributed by atoms with van der Waals surface area (Å²) in [6.07, 6.45) is 6.48. The van der Waals surface area contributed by atoms with Gasteiger partial charge in [-0.25, -0.2) is 26.8 Å². The lowest BCUT2D eigenvalue weighted by atomic mass is 9.97. The van der Waals surface area contributed by atoms with E-state index in [4.69, 9.17) is 0 Å². The van der Waals surface area contributed by atoms with Gasteiger partial charge in [0.05, 0.1) is 9.79 Å². The zero-order chi connectivity index (χ0) is 23.5. The molecular weight excluding hydrogens is 466 g/mol. The van der Waals surface area contributed by atoms with E-state index in [-0.39, 0.29) is 40.7 Å². The molecule has 2 aliphatic rings. The molecule has 2 aliphatic heterocycles. The summed E-state index contributed by atoms with van der Waals surface area (Å²) < 4.78 is 54.5. The molecule has 0 radical (unpaired) electrons. The Hall–Kier alpha value is -2.41. The van der Waals surface area contributed by atoms with Crippen molar-refractivity contribution in [1.82, 2.24) is 18.6 Å². The number of piperidine rings is 2. The maximum atomic E-state index is 13.1. The standard InChI is InChI=1S/C21H27N5O5S2/c27-20(24-21-22-11-4-12-23-21)17-9-15-26(16-10-17)33(30,31)19-7-5-18(6-8-19)32(28,29)25-13-2-1-3-14-25/h4-8,11-12,17H,1-3,9-10,13-16H2,(H,22,23,24,27). The molecule has 12 heteroatoms. The van der Waals surface area contributed by atoms with E-state index in [1.165, 1.54) is 45.3 Å². The van der Waals surface area contributed by atoms with E-state index in [1.54, 1.807) is 6.07 Å². The molecule has 2 fully saturated rings. The van der Waals surface area contributed by atoms with Crippen LogP contribution in [-0.4, -0.2) is 67.5 Å². The summed E-state index contributed by atoms with van der Waals surface area (Å²) in [7, 11) is -7.41. The molecule has 0 bridgehead atoms. The first-order valence-corrected chi connectivity index (χ1v) is 13.8. The van der Waals surface area contributed by atoms with Gasteiger partial charge in [-0.15, -0.1) is 0 Å². The fraction of sp³-hybridized carbons (Fsp3) is 0.476. The Morgan fingerprint density at radius 3 is 1.79 bits per heavy atom. The SMILES string of the molecule is O=C(Nc1ncccn1)C1CCN(S(=O)(=O)c2ccc(S(=O)(=O)N3CCCCC3)cc2)CC1. The number of nitrogens with one attached hydrogen (secondary N) is 1. The van der Waals surface area contributed by atoms with E-state index in [2.05, 4.69) is 15.3 Å². The first kappa shape index (κ1) is 23.7. The van der Waals surface area contributed by atoms with Crippen molar-refractivity contribution in [3.8, 4) is 0 Å². The Kier molecular flexibility index (Phi) is 7.07. The van der Waals surface area contributed by atoms with Gasteiger partial charge in [0.15, 0.2) is 0 Å². The second-order valence-corrected chi connectivity index (χ2v) is 12.1. The van der Waals surface area contributed by atoms with Crippen LogP contribution in [0.4, 0.5) is 5.95 Å². The number of sulfonamides is 2. The van der Waals surface area contributed by atoms with Crippen molar-refractivity contribution in [3.63, 3.8) is 0 Å². The number of hydrogen-bond donors (Lipinski definition) is 1. The number of carbonyl (C=O) groups excluding carboxylic acids is 1. The van der Waals surface area contributed by atoms with Gasteiger partial charge in [0.25, 0.3) is 0 Å². The third-order valence-corrected chi connectivity index (χ3v) is 9.87. The van der Waals surface area contributed by atoms with Crippen LogP contribution in [0, 0.1) is 5.92 Å². The lowest BCUT2D eigenvalue weighted by Gasteiger charge is -2.30. The number of hydrogen-bond acceptors (Lipinski definition) is 7. The summed E-state index contributed by atoms with van der Waals surface area (Å²) in [4.78, 5) is 20.5. The van der Waals surface area contributed by atoms with Gasteiger partial charge in [-0.05, 0) is 56.0 Å². The van der Waals surface area contributed by atoms with Crippen LogP contribution < -0.4 is 5.32 Å². The minimum Gasteiger partial charge on any atom is -0.294 e. The molecule has 2 aromatic rings. The summed E-state index contributed by atoms with van der Waals surface area (Å²) in [5.41, 5.74) is 0. The molecular formula is C21H27N5O5S2. The second-order valence-electron chi connectivity index (χ2n) is 8.18. The molecule has 1 N–H and O–H groups in total. The van der Waals surface area contributed by atoms with E-state index in [1.807, 2.05) is 0 Å². The van der Waals surface area contributed by atoms with Crippen molar-refractivity contribution in [3.05, 3.63) is 42.7 Å². The van der Waals surface area contributed by atoms with Gasteiger partial charge >= 0.3 is 0 Å². The van der Waals surface area contributed by atoms with Crippen molar-refractivity contribution < 1.29 is 21.6 Å². The highest BCUT2D eigenvalue weighted by Crippen LogP contribution is 2.26. The molecule has 0 saturated carbocycles. The van der Waals surface area contributed by atoms with Gasteiger partial charge in [0.1, 0.15) is 0 Å². The van der Waals surface area contributed by atoms with Crippen molar-refractivity contribution in [2.75, 3.05) is 31.5 Å². The van der Waals surface area contributed by atoms with E-state index >= 15 is 0 Å². The molecule has 0 atom stereocenters. The fourth-order valence-electron chi connectivity index (χ4n) is 4.12. The lowest BCUT2D eigenvalue weighted by molar-refractivity contribution is -0.121. The molecule has 1 amide bonds. The number of nitrogens with zero attached hydrogens (tertiary/aromatic N) is 4. The van der Waals surface area contributed by atoms with Crippen LogP contribution in [0.15, 0.2) is 52.5 Å². The average molecular weight is 494 g/mol. The van der Waals surface area contributed by atoms with Gasteiger partial charge in [0.2, 0.25) is 31.9 Å². The average Bonchev–Trinajstić information content (AvgIpc) is 2.85. The molecule has 4 rings (SSSR count). The largest absolute Gasteiger partial charge is 0.294 e. The first-order valence-electron chi connectivity index (χ1n) is 11.0. The number of anilines is 1. The normalized spacial score (nSPS) is 19.3. The Labute approximate surface area is 194 Å². The maximum Gasteiger partial charge on any atom is 0.243 e. The molecule has 0 spiro atoms. The van der Waals surface area contributed by atoms with E-state index in [9.17, 15) is 21.6 Å². The van der Waals surface area contributed by atoms with Crippen LogP contribution >= 0.6 is 0 Å². The van der Waals surface area contributed by atoms with E-state index in [0.29, 0.717) is 25.9 Å².